The smallest absolute Gasteiger partial charge is 0.340 e. The van der Waals surface area contributed by atoms with Crippen molar-refractivity contribution < 1.29 is 38.1 Å². The van der Waals surface area contributed by atoms with Gasteiger partial charge in [0.1, 0.15) is 54.4 Å². The van der Waals surface area contributed by atoms with Crippen LogP contribution < -0.4 is 18.9 Å². The van der Waals surface area contributed by atoms with E-state index in [-0.39, 0.29) is 35.4 Å². The van der Waals surface area contributed by atoms with Gasteiger partial charge in [-0.1, -0.05) is 117 Å². The molecule has 0 aromatic heterocycles. The Hall–Kier alpha value is -6.78. The molecule has 1 unspecified atom stereocenters. The Kier molecular flexibility index (Phi) is 12.4. The second-order valence-corrected chi connectivity index (χ2v) is 18.5. The van der Waals surface area contributed by atoms with Crippen LogP contribution in [0.2, 0.25) is 0 Å². The molecule has 10 rings (SSSR count). The number of nitrogens with zero attached hydrogens (tertiary/aromatic N) is 1. The monoisotopic (exact) mass is 897 g/mol. The first kappa shape index (κ1) is 43.1. The van der Waals surface area contributed by atoms with E-state index in [1.807, 2.05) is 140 Å². The number of unbranched alkanes of at least 4 members (excludes halogenated alkanes) is 3. The Bertz CT molecular complexity index is 2790. The predicted octanol–water partition coefficient (Wildman–Crippen LogP) is 11.5. The van der Waals surface area contributed by atoms with Crippen LogP contribution in [0.3, 0.4) is 0 Å². The summed E-state index contributed by atoms with van der Waals surface area (Å²) < 4.78 is 32.3. The molecule has 4 heterocycles. The fraction of sp³-hybridized carbons (Fsp3) is 0.268. The SMILES string of the molecule is CCCCCCc1cc2c(cc1OCc1ccc(OCC3=CN4C(=O)[C@H](CC(=O)Cc5ccccc5)[C@@H]4SC3)cc1)Oc1cc(OCc3ccccc3)ccc1C21OC(=O)c2ccccc21. The third kappa shape index (κ3) is 8.70. The Labute approximate surface area is 389 Å². The van der Waals surface area contributed by atoms with Crippen LogP contribution in [0.15, 0.2) is 151 Å². The maximum atomic E-state index is 13.7. The van der Waals surface area contributed by atoms with Gasteiger partial charge in [-0.3, -0.25) is 9.59 Å². The quantitative estimate of drug-likeness (QED) is 0.0474. The van der Waals surface area contributed by atoms with Gasteiger partial charge in [0.15, 0.2) is 5.60 Å². The molecule has 6 aromatic rings. The summed E-state index contributed by atoms with van der Waals surface area (Å²) in [6, 6.07) is 45.0. The summed E-state index contributed by atoms with van der Waals surface area (Å²) in [5.74, 6) is 3.33. The first-order valence-corrected chi connectivity index (χ1v) is 23.9. The van der Waals surface area contributed by atoms with Crippen molar-refractivity contribution in [3.05, 3.63) is 196 Å². The third-order valence-corrected chi connectivity index (χ3v) is 14.2. The Morgan fingerprint density at radius 3 is 2.20 bits per heavy atom. The fourth-order valence-corrected chi connectivity index (χ4v) is 10.7. The number of fused-ring (bicyclic) bond motifs is 7. The van der Waals surface area contributed by atoms with Gasteiger partial charge in [-0.25, -0.2) is 4.79 Å². The van der Waals surface area contributed by atoms with Crippen LogP contribution in [0.4, 0.5) is 0 Å². The Balaban J connectivity index is 0.840. The summed E-state index contributed by atoms with van der Waals surface area (Å²) in [5.41, 5.74) is 6.62. The lowest BCUT2D eigenvalue weighted by atomic mass is 9.77. The summed E-state index contributed by atoms with van der Waals surface area (Å²) in [6.45, 7) is 3.27. The zero-order valence-corrected chi connectivity index (χ0v) is 37.7. The maximum absolute atomic E-state index is 13.7. The topological polar surface area (TPSA) is 101 Å². The van der Waals surface area contributed by atoms with Crippen LogP contribution in [-0.2, 0) is 46.0 Å². The summed E-state index contributed by atoms with van der Waals surface area (Å²) in [5, 5.41) is -0.00898. The van der Waals surface area contributed by atoms with Gasteiger partial charge < -0.3 is 28.6 Å². The highest BCUT2D eigenvalue weighted by molar-refractivity contribution is 8.00. The molecule has 1 saturated heterocycles. The average Bonchev–Trinajstić information content (AvgIpc) is 3.65. The van der Waals surface area contributed by atoms with Gasteiger partial charge in [0, 0.05) is 53.6 Å². The second kappa shape index (κ2) is 19.0. The number of amides is 1. The number of Topliss-reactive ketones (excluding diaryl/α,β-unsaturated/α-hetero) is 1. The number of ether oxygens (including phenoxy) is 5. The summed E-state index contributed by atoms with van der Waals surface area (Å²) in [7, 11) is 0. The standard InChI is InChI=1S/C56H51NO8S/c1-2-3-4-11-18-41-28-49-52(64-51-30-44(62-33-38-16-9-6-10-17-38)25-26-48(51)56(49)47-20-13-12-19-45(47)55(60)65-56)31-50(41)63-34-39-21-23-43(24-22-39)61-35-40-32-57-53(59)46(54(57)66-36-40)29-42(58)27-37-14-7-5-8-15-37/h5-10,12-17,19-26,28,30-32,46,54H,2-4,11,18,27,29,33-36H2,1H3/t46-,54-,56?/m0/s1. The largest absolute Gasteiger partial charge is 0.489 e. The highest BCUT2D eigenvalue weighted by Crippen LogP contribution is 2.57. The van der Waals surface area contributed by atoms with Gasteiger partial charge >= 0.3 is 5.97 Å². The normalized spacial score (nSPS) is 18.7. The first-order valence-electron chi connectivity index (χ1n) is 22.9. The fourth-order valence-electron chi connectivity index (χ4n) is 9.36. The summed E-state index contributed by atoms with van der Waals surface area (Å²) >= 11 is 1.69. The lowest BCUT2D eigenvalue weighted by Gasteiger charge is -2.47. The number of aryl methyl sites for hydroxylation is 1. The van der Waals surface area contributed by atoms with Crippen molar-refractivity contribution in [1.29, 1.82) is 0 Å². The number of carbonyl (C=O) groups is 3. The number of β-lactam (4-membered cyclic amide) rings is 1. The minimum absolute atomic E-state index is 0.0000328. The maximum Gasteiger partial charge on any atom is 0.340 e. The van der Waals surface area contributed by atoms with Crippen LogP contribution in [0.5, 0.6) is 28.7 Å². The lowest BCUT2D eigenvalue weighted by molar-refractivity contribution is -0.148. The molecule has 0 bridgehead atoms. The van der Waals surface area contributed by atoms with Crippen molar-refractivity contribution in [2.45, 2.75) is 76.1 Å². The van der Waals surface area contributed by atoms with Crippen LogP contribution >= 0.6 is 11.8 Å². The van der Waals surface area contributed by atoms with E-state index in [0.717, 1.165) is 82.4 Å². The summed E-state index contributed by atoms with van der Waals surface area (Å²) in [6.07, 6.45) is 7.64. The molecule has 1 spiro atoms. The van der Waals surface area contributed by atoms with Crippen molar-refractivity contribution in [2.75, 3.05) is 12.4 Å². The van der Waals surface area contributed by atoms with Crippen molar-refractivity contribution in [3.63, 3.8) is 0 Å². The summed E-state index contributed by atoms with van der Waals surface area (Å²) in [4.78, 5) is 41.2. The third-order valence-electron chi connectivity index (χ3n) is 12.8. The molecule has 0 saturated carbocycles. The van der Waals surface area contributed by atoms with E-state index in [1.165, 1.54) is 0 Å². The number of hydrogen-bond acceptors (Lipinski definition) is 9. The number of hydrogen-bond donors (Lipinski definition) is 0. The molecule has 6 aromatic carbocycles. The van der Waals surface area contributed by atoms with Crippen molar-refractivity contribution >= 4 is 29.4 Å². The van der Waals surface area contributed by atoms with E-state index in [9.17, 15) is 14.4 Å². The van der Waals surface area contributed by atoms with Crippen molar-refractivity contribution in [2.24, 2.45) is 5.92 Å². The molecule has 1 amide bonds. The molecule has 1 fully saturated rings. The zero-order chi connectivity index (χ0) is 45.0. The molecule has 9 nitrogen and oxygen atoms in total. The Morgan fingerprint density at radius 1 is 0.697 bits per heavy atom. The van der Waals surface area contributed by atoms with Gasteiger partial charge in [-0.05, 0) is 77.1 Å². The van der Waals surface area contributed by atoms with Gasteiger partial charge in [-0.15, -0.1) is 11.8 Å². The van der Waals surface area contributed by atoms with Gasteiger partial charge in [0.05, 0.1) is 16.9 Å². The molecule has 0 radical (unpaired) electrons. The van der Waals surface area contributed by atoms with Gasteiger partial charge in [0.2, 0.25) is 5.91 Å². The number of thioether (sulfide) groups is 1. The number of carbonyl (C=O) groups excluding carboxylic acids is 3. The van der Waals surface area contributed by atoms with E-state index in [1.54, 1.807) is 16.7 Å². The number of esters is 1. The number of rotatable bonds is 18. The predicted molar refractivity (Wildman–Crippen MR) is 254 cm³/mol. The average molecular weight is 898 g/mol. The van der Waals surface area contributed by atoms with Crippen LogP contribution in [0.25, 0.3) is 0 Å². The molecule has 3 atom stereocenters. The highest BCUT2D eigenvalue weighted by Gasteiger charge is 2.54. The molecule has 0 aliphatic carbocycles. The highest BCUT2D eigenvalue weighted by atomic mass is 32.2. The Morgan fingerprint density at radius 2 is 1.39 bits per heavy atom. The van der Waals surface area contributed by atoms with Crippen LogP contribution in [0.1, 0.15) is 88.3 Å². The van der Waals surface area contributed by atoms with E-state index < -0.39 is 5.60 Å². The van der Waals surface area contributed by atoms with E-state index >= 15 is 0 Å². The lowest BCUT2D eigenvalue weighted by Crippen LogP contribution is -2.58. The minimum atomic E-state index is -1.22. The minimum Gasteiger partial charge on any atom is -0.489 e. The molecule has 66 heavy (non-hydrogen) atoms. The van der Waals surface area contributed by atoms with E-state index in [4.69, 9.17) is 23.7 Å². The molecule has 334 valence electrons. The van der Waals surface area contributed by atoms with Gasteiger partial charge in [0.25, 0.3) is 0 Å². The molecule has 4 aliphatic heterocycles. The molecule has 10 heteroatoms. The van der Waals surface area contributed by atoms with Crippen LogP contribution in [-0.4, -0.2) is 40.3 Å². The van der Waals surface area contributed by atoms with E-state index in [2.05, 4.69) is 13.0 Å². The number of benzene rings is 6. The number of ketones is 1. The molecular weight excluding hydrogens is 847 g/mol. The van der Waals surface area contributed by atoms with E-state index in [0.29, 0.717) is 60.6 Å². The first-order chi connectivity index (χ1) is 32.4. The molecule has 0 N–H and O–H groups in total. The molecule has 4 aliphatic rings. The van der Waals surface area contributed by atoms with Crippen LogP contribution in [0, 0.1) is 5.92 Å². The molecular formula is C56H51NO8S. The van der Waals surface area contributed by atoms with Crippen molar-refractivity contribution in [1.82, 2.24) is 4.90 Å². The van der Waals surface area contributed by atoms with Gasteiger partial charge in [-0.2, -0.15) is 0 Å². The van der Waals surface area contributed by atoms with Crippen molar-refractivity contribution in [3.8, 4) is 28.7 Å². The second-order valence-electron chi connectivity index (χ2n) is 17.4. The zero-order valence-electron chi connectivity index (χ0n) is 36.9.